The number of allylic oxidation sites excluding steroid dienone is 2. The van der Waals surface area contributed by atoms with Crippen molar-refractivity contribution >= 4 is 24.3 Å². The predicted octanol–water partition coefficient (Wildman–Crippen LogP) is 3.52. The standard InChI is InChI=1S/C18H23N5/c1-4-17-20-12-16(13-23(17)19-3)15-5-6-18(21-11-15)22-9-7-14(2)8-10-22/h4-6,11-14H,3,7-10H2,1-2H3/b17-4-. The Morgan fingerprint density at radius 3 is 2.70 bits per heavy atom. The van der Waals surface area contributed by atoms with E-state index < -0.39 is 0 Å². The van der Waals surface area contributed by atoms with E-state index in [-0.39, 0.29) is 0 Å². The predicted molar refractivity (Wildman–Crippen MR) is 96.5 cm³/mol. The lowest BCUT2D eigenvalue weighted by Crippen LogP contribution is -2.33. The quantitative estimate of drug-likeness (QED) is 0.802. The number of pyridine rings is 1. The fourth-order valence-corrected chi connectivity index (χ4v) is 2.88. The molecule has 23 heavy (non-hydrogen) atoms. The second-order valence-corrected chi connectivity index (χ2v) is 6.05. The van der Waals surface area contributed by atoms with Crippen LogP contribution in [0, 0.1) is 5.92 Å². The van der Waals surface area contributed by atoms with Crippen LogP contribution in [-0.4, -0.2) is 36.0 Å². The molecular weight excluding hydrogens is 286 g/mol. The van der Waals surface area contributed by atoms with Gasteiger partial charge in [0, 0.05) is 49.6 Å². The summed E-state index contributed by atoms with van der Waals surface area (Å²) >= 11 is 0. The molecule has 0 radical (unpaired) electrons. The fourth-order valence-electron chi connectivity index (χ4n) is 2.88. The van der Waals surface area contributed by atoms with E-state index in [1.54, 1.807) is 5.01 Å². The molecule has 2 aliphatic rings. The van der Waals surface area contributed by atoms with Crippen molar-refractivity contribution in [2.24, 2.45) is 16.0 Å². The van der Waals surface area contributed by atoms with Crippen LogP contribution in [0.15, 0.2) is 46.5 Å². The molecule has 1 saturated heterocycles. The lowest BCUT2D eigenvalue weighted by molar-refractivity contribution is 0.436. The molecule has 0 aromatic carbocycles. The second-order valence-electron chi connectivity index (χ2n) is 6.05. The SMILES string of the molecule is C=NN1C=C(c2ccc(N3CCC(C)CC3)nc2)C=N/C1=C/C. The summed E-state index contributed by atoms with van der Waals surface area (Å²) in [7, 11) is 0. The molecule has 0 saturated carbocycles. The minimum Gasteiger partial charge on any atom is -0.357 e. The summed E-state index contributed by atoms with van der Waals surface area (Å²) in [6, 6.07) is 4.19. The number of aliphatic imine (C=N–C) groups is 1. The summed E-state index contributed by atoms with van der Waals surface area (Å²) in [6.45, 7) is 10.0. The fraction of sp³-hybridized carbons (Fsp3) is 0.389. The zero-order chi connectivity index (χ0) is 16.2. The van der Waals surface area contributed by atoms with Crippen molar-refractivity contribution in [2.45, 2.75) is 26.7 Å². The molecule has 1 aromatic heterocycles. The molecule has 0 spiro atoms. The Labute approximate surface area is 137 Å². The highest BCUT2D eigenvalue weighted by atomic mass is 15.5. The summed E-state index contributed by atoms with van der Waals surface area (Å²) < 4.78 is 0. The minimum absolute atomic E-state index is 0.774. The van der Waals surface area contributed by atoms with Crippen molar-refractivity contribution < 1.29 is 0 Å². The molecule has 5 nitrogen and oxygen atoms in total. The van der Waals surface area contributed by atoms with E-state index in [4.69, 9.17) is 0 Å². The smallest absolute Gasteiger partial charge is 0.148 e. The Morgan fingerprint density at radius 2 is 2.09 bits per heavy atom. The highest BCUT2D eigenvalue weighted by molar-refractivity contribution is 6.10. The highest BCUT2D eigenvalue weighted by Crippen LogP contribution is 2.24. The lowest BCUT2D eigenvalue weighted by atomic mass is 9.99. The Hall–Kier alpha value is -2.43. The van der Waals surface area contributed by atoms with Gasteiger partial charge in [-0.1, -0.05) is 6.92 Å². The van der Waals surface area contributed by atoms with Crippen molar-refractivity contribution in [2.75, 3.05) is 18.0 Å². The Kier molecular flexibility index (Phi) is 4.55. The molecule has 120 valence electrons. The first-order valence-corrected chi connectivity index (χ1v) is 8.10. The summed E-state index contributed by atoms with van der Waals surface area (Å²) in [6.07, 6.45) is 10.1. The maximum atomic E-state index is 4.64. The zero-order valence-electron chi connectivity index (χ0n) is 13.8. The molecule has 0 aliphatic carbocycles. The third kappa shape index (κ3) is 3.33. The van der Waals surface area contributed by atoms with Gasteiger partial charge in [-0.2, -0.15) is 5.10 Å². The van der Waals surface area contributed by atoms with Gasteiger partial charge in [0.05, 0.1) is 0 Å². The number of anilines is 1. The molecule has 0 N–H and O–H groups in total. The van der Waals surface area contributed by atoms with E-state index >= 15 is 0 Å². The Balaban J connectivity index is 1.76. The van der Waals surface area contributed by atoms with E-state index in [1.165, 1.54) is 12.8 Å². The van der Waals surface area contributed by atoms with Crippen molar-refractivity contribution in [3.05, 3.63) is 42.0 Å². The molecule has 2 aliphatic heterocycles. The number of hydrogen-bond donors (Lipinski definition) is 0. The van der Waals surface area contributed by atoms with Gasteiger partial charge in [-0.05, 0) is 43.9 Å². The Morgan fingerprint density at radius 1 is 1.30 bits per heavy atom. The summed E-state index contributed by atoms with van der Waals surface area (Å²) in [4.78, 5) is 11.4. The van der Waals surface area contributed by atoms with Gasteiger partial charge in [0.1, 0.15) is 11.6 Å². The average Bonchev–Trinajstić information content (AvgIpc) is 2.62. The maximum absolute atomic E-state index is 4.64. The monoisotopic (exact) mass is 309 g/mol. The average molecular weight is 309 g/mol. The second kappa shape index (κ2) is 6.77. The number of piperidine rings is 1. The third-order valence-electron chi connectivity index (χ3n) is 4.43. The van der Waals surface area contributed by atoms with E-state index in [0.717, 1.165) is 41.8 Å². The normalized spacial score (nSPS) is 20.8. The first-order valence-electron chi connectivity index (χ1n) is 8.10. The van der Waals surface area contributed by atoms with E-state index in [0.29, 0.717) is 0 Å². The lowest BCUT2D eigenvalue weighted by Gasteiger charge is -2.31. The van der Waals surface area contributed by atoms with Crippen LogP contribution in [0.3, 0.4) is 0 Å². The van der Waals surface area contributed by atoms with Gasteiger partial charge < -0.3 is 4.90 Å². The molecular formula is C18H23N5. The van der Waals surface area contributed by atoms with Crippen LogP contribution >= 0.6 is 0 Å². The number of nitrogens with zero attached hydrogens (tertiary/aromatic N) is 5. The summed E-state index contributed by atoms with van der Waals surface area (Å²) in [5, 5.41) is 5.65. The van der Waals surface area contributed by atoms with Crippen molar-refractivity contribution in [3.63, 3.8) is 0 Å². The number of aromatic nitrogens is 1. The van der Waals surface area contributed by atoms with Gasteiger partial charge in [-0.15, -0.1) is 0 Å². The van der Waals surface area contributed by atoms with Gasteiger partial charge in [0.25, 0.3) is 0 Å². The van der Waals surface area contributed by atoms with Crippen molar-refractivity contribution in [3.8, 4) is 0 Å². The first-order chi connectivity index (χ1) is 11.2. The van der Waals surface area contributed by atoms with Gasteiger partial charge in [0.2, 0.25) is 0 Å². The van der Waals surface area contributed by atoms with E-state index in [9.17, 15) is 0 Å². The van der Waals surface area contributed by atoms with Gasteiger partial charge >= 0.3 is 0 Å². The third-order valence-corrected chi connectivity index (χ3v) is 4.43. The van der Waals surface area contributed by atoms with Gasteiger partial charge in [-0.3, -0.25) is 0 Å². The maximum Gasteiger partial charge on any atom is 0.148 e. The number of hydrazone groups is 1. The van der Waals surface area contributed by atoms with Crippen LogP contribution in [-0.2, 0) is 0 Å². The topological polar surface area (TPSA) is 44.1 Å². The number of hydrogen-bond acceptors (Lipinski definition) is 5. The first kappa shape index (κ1) is 15.5. The largest absolute Gasteiger partial charge is 0.357 e. The molecule has 0 bridgehead atoms. The summed E-state index contributed by atoms with van der Waals surface area (Å²) in [5.74, 6) is 2.66. The van der Waals surface area contributed by atoms with Crippen molar-refractivity contribution in [1.82, 2.24) is 9.99 Å². The van der Waals surface area contributed by atoms with Crippen molar-refractivity contribution in [1.29, 1.82) is 0 Å². The van der Waals surface area contributed by atoms with E-state index in [1.807, 2.05) is 31.6 Å². The molecule has 0 amide bonds. The molecule has 0 atom stereocenters. The molecule has 1 fully saturated rings. The van der Waals surface area contributed by atoms with Gasteiger partial charge in [-0.25, -0.2) is 15.0 Å². The van der Waals surface area contributed by atoms with Crippen LogP contribution in [0.2, 0.25) is 0 Å². The molecule has 0 unspecified atom stereocenters. The molecule has 3 heterocycles. The molecule has 5 heteroatoms. The Bertz CT molecular complexity index is 648. The van der Waals surface area contributed by atoms with Crippen LogP contribution in [0.4, 0.5) is 5.82 Å². The number of rotatable bonds is 3. The van der Waals surface area contributed by atoms with Crippen LogP contribution in [0.5, 0.6) is 0 Å². The van der Waals surface area contributed by atoms with E-state index in [2.05, 4.69) is 45.8 Å². The zero-order valence-corrected chi connectivity index (χ0v) is 13.8. The summed E-state index contributed by atoms with van der Waals surface area (Å²) in [5.41, 5.74) is 2.01. The minimum atomic E-state index is 0.774. The van der Waals surface area contributed by atoms with Crippen LogP contribution < -0.4 is 4.90 Å². The molecule has 3 rings (SSSR count). The van der Waals surface area contributed by atoms with Gasteiger partial charge in [0.15, 0.2) is 0 Å². The van der Waals surface area contributed by atoms with Crippen LogP contribution in [0.1, 0.15) is 32.3 Å². The van der Waals surface area contributed by atoms with Crippen LogP contribution in [0.25, 0.3) is 5.57 Å². The highest BCUT2D eigenvalue weighted by Gasteiger charge is 2.17. The molecule has 1 aromatic rings.